The van der Waals surface area contributed by atoms with Gasteiger partial charge in [-0.15, -0.1) is 0 Å². The summed E-state index contributed by atoms with van der Waals surface area (Å²) < 4.78 is 16.5. The molecule has 0 radical (unpaired) electrons. The van der Waals surface area contributed by atoms with Gasteiger partial charge in [-0.25, -0.2) is 0 Å². The number of morpholine rings is 1. The Kier molecular flexibility index (Phi) is 7.87. The number of carbonyl (C=O) groups is 2. The number of carbonyl (C=O) groups excluding carboxylic acids is 2. The SMILES string of the molecule is COc1ccc(N2CCN(C(=O)c3cccc(OCCN4CCOCC4)c3)C(C(N)=O)C2)cc1. The molecule has 1 atom stereocenters. The third-order valence-corrected chi connectivity index (χ3v) is 6.27. The maximum absolute atomic E-state index is 13.3. The van der Waals surface area contributed by atoms with Gasteiger partial charge in [0.25, 0.3) is 5.91 Å². The number of hydrogen-bond donors (Lipinski definition) is 1. The van der Waals surface area contributed by atoms with Crippen LogP contribution in [-0.4, -0.2) is 93.9 Å². The largest absolute Gasteiger partial charge is 0.497 e. The van der Waals surface area contributed by atoms with Gasteiger partial charge in [0.15, 0.2) is 0 Å². The molecular formula is C25H32N4O5. The molecule has 2 aromatic rings. The Balaban J connectivity index is 1.39. The first-order valence-corrected chi connectivity index (χ1v) is 11.6. The van der Waals surface area contributed by atoms with E-state index in [1.54, 1.807) is 30.2 Å². The van der Waals surface area contributed by atoms with Gasteiger partial charge in [-0.3, -0.25) is 14.5 Å². The molecule has 2 aliphatic rings. The average molecular weight is 469 g/mol. The minimum atomic E-state index is -0.728. The summed E-state index contributed by atoms with van der Waals surface area (Å²) in [4.78, 5) is 31.5. The van der Waals surface area contributed by atoms with Crippen molar-refractivity contribution < 1.29 is 23.8 Å². The van der Waals surface area contributed by atoms with Crippen molar-refractivity contribution in [3.8, 4) is 11.5 Å². The van der Waals surface area contributed by atoms with Crippen LogP contribution < -0.4 is 20.1 Å². The predicted molar refractivity (Wildman–Crippen MR) is 128 cm³/mol. The zero-order chi connectivity index (χ0) is 23.9. The number of benzene rings is 2. The van der Waals surface area contributed by atoms with Crippen LogP contribution in [-0.2, 0) is 9.53 Å². The lowest BCUT2D eigenvalue weighted by Crippen LogP contribution is -2.60. The van der Waals surface area contributed by atoms with E-state index in [9.17, 15) is 9.59 Å². The molecule has 34 heavy (non-hydrogen) atoms. The summed E-state index contributed by atoms with van der Waals surface area (Å²) >= 11 is 0. The van der Waals surface area contributed by atoms with Crippen LogP contribution in [0.2, 0.25) is 0 Å². The Morgan fingerprint density at radius 1 is 1.03 bits per heavy atom. The predicted octanol–water partition coefficient (Wildman–Crippen LogP) is 1.22. The van der Waals surface area contributed by atoms with Crippen molar-refractivity contribution in [1.82, 2.24) is 9.80 Å². The Bertz CT molecular complexity index is 978. The number of nitrogens with zero attached hydrogens (tertiary/aromatic N) is 3. The minimum absolute atomic E-state index is 0.225. The molecule has 2 amide bonds. The Morgan fingerprint density at radius 2 is 1.79 bits per heavy atom. The summed E-state index contributed by atoms with van der Waals surface area (Å²) in [5.74, 6) is 0.643. The number of primary amides is 1. The summed E-state index contributed by atoms with van der Waals surface area (Å²) in [5, 5.41) is 0. The van der Waals surface area contributed by atoms with Crippen LogP contribution >= 0.6 is 0 Å². The van der Waals surface area contributed by atoms with E-state index in [0.717, 1.165) is 44.3 Å². The summed E-state index contributed by atoms with van der Waals surface area (Å²) in [6, 6.07) is 14.0. The molecule has 2 aromatic carbocycles. The summed E-state index contributed by atoms with van der Waals surface area (Å²) in [5.41, 5.74) is 7.14. The molecule has 0 spiro atoms. The molecule has 2 heterocycles. The number of rotatable bonds is 8. The van der Waals surface area contributed by atoms with Gasteiger partial charge in [0.05, 0.1) is 20.3 Å². The first-order valence-electron chi connectivity index (χ1n) is 11.6. The van der Waals surface area contributed by atoms with E-state index in [4.69, 9.17) is 19.9 Å². The molecule has 1 unspecified atom stereocenters. The number of amides is 2. The molecule has 2 fully saturated rings. The molecule has 0 aromatic heterocycles. The van der Waals surface area contributed by atoms with Crippen molar-refractivity contribution in [2.75, 3.05) is 71.1 Å². The Morgan fingerprint density at radius 3 is 2.50 bits per heavy atom. The topological polar surface area (TPSA) is 97.6 Å². The van der Waals surface area contributed by atoms with Crippen molar-refractivity contribution >= 4 is 17.5 Å². The lowest BCUT2D eigenvalue weighted by atomic mass is 10.1. The molecule has 0 bridgehead atoms. The normalized spacial score (nSPS) is 19.0. The number of anilines is 1. The van der Waals surface area contributed by atoms with Crippen molar-refractivity contribution in [3.63, 3.8) is 0 Å². The molecule has 2 aliphatic heterocycles. The van der Waals surface area contributed by atoms with Crippen LogP contribution in [0.25, 0.3) is 0 Å². The fraction of sp³-hybridized carbons (Fsp3) is 0.440. The zero-order valence-electron chi connectivity index (χ0n) is 19.5. The van der Waals surface area contributed by atoms with Crippen LogP contribution in [0.3, 0.4) is 0 Å². The van der Waals surface area contributed by atoms with Gasteiger partial charge in [0.1, 0.15) is 24.1 Å². The van der Waals surface area contributed by atoms with E-state index in [-0.39, 0.29) is 5.91 Å². The molecule has 182 valence electrons. The molecule has 2 saturated heterocycles. The highest BCUT2D eigenvalue weighted by molar-refractivity contribution is 5.98. The number of piperazine rings is 1. The second-order valence-electron chi connectivity index (χ2n) is 8.39. The maximum Gasteiger partial charge on any atom is 0.254 e. The highest BCUT2D eigenvalue weighted by Crippen LogP contribution is 2.24. The second-order valence-corrected chi connectivity index (χ2v) is 8.39. The number of methoxy groups -OCH3 is 1. The van der Waals surface area contributed by atoms with Gasteiger partial charge in [-0.1, -0.05) is 6.07 Å². The quantitative estimate of drug-likeness (QED) is 0.622. The van der Waals surface area contributed by atoms with Crippen LogP contribution in [0.1, 0.15) is 10.4 Å². The molecule has 4 rings (SSSR count). The first-order chi connectivity index (χ1) is 16.5. The van der Waals surface area contributed by atoms with Gasteiger partial charge in [-0.05, 0) is 42.5 Å². The van der Waals surface area contributed by atoms with Crippen LogP contribution in [0.5, 0.6) is 11.5 Å². The third-order valence-electron chi connectivity index (χ3n) is 6.27. The van der Waals surface area contributed by atoms with E-state index >= 15 is 0 Å². The van der Waals surface area contributed by atoms with Crippen molar-refractivity contribution in [1.29, 1.82) is 0 Å². The lowest BCUT2D eigenvalue weighted by Gasteiger charge is -2.41. The zero-order valence-corrected chi connectivity index (χ0v) is 19.5. The van der Waals surface area contributed by atoms with Crippen molar-refractivity contribution in [2.45, 2.75) is 6.04 Å². The van der Waals surface area contributed by atoms with Gasteiger partial charge in [0.2, 0.25) is 5.91 Å². The summed E-state index contributed by atoms with van der Waals surface area (Å²) in [7, 11) is 1.62. The highest BCUT2D eigenvalue weighted by atomic mass is 16.5. The molecule has 2 N–H and O–H groups in total. The third kappa shape index (κ3) is 5.78. The Labute approximate surface area is 200 Å². The van der Waals surface area contributed by atoms with Gasteiger partial charge in [-0.2, -0.15) is 0 Å². The molecule has 9 nitrogen and oxygen atoms in total. The van der Waals surface area contributed by atoms with Crippen LogP contribution in [0.15, 0.2) is 48.5 Å². The standard InChI is InChI=1S/C25H32N4O5/c1-32-21-7-5-20(6-8-21)28-9-10-29(23(18-28)24(26)30)25(31)19-3-2-4-22(17-19)34-16-13-27-11-14-33-15-12-27/h2-8,17,23H,9-16,18H2,1H3,(H2,26,30). The molecule has 9 heteroatoms. The molecular weight excluding hydrogens is 436 g/mol. The second kappa shape index (κ2) is 11.2. The van der Waals surface area contributed by atoms with E-state index in [0.29, 0.717) is 37.6 Å². The summed E-state index contributed by atoms with van der Waals surface area (Å²) in [6.07, 6.45) is 0. The fourth-order valence-electron chi connectivity index (χ4n) is 4.30. The first kappa shape index (κ1) is 23.8. The Hall–Kier alpha value is -3.30. The van der Waals surface area contributed by atoms with Crippen molar-refractivity contribution in [3.05, 3.63) is 54.1 Å². The summed E-state index contributed by atoms with van der Waals surface area (Å²) in [6.45, 7) is 5.95. The fourth-order valence-corrected chi connectivity index (χ4v) is 4.30. The lowest BCUT2D eigenvalue weighted by molar-refractivity contribution is -0.122. The monoisotopic (exact) mass is 468 g/mol. The van der Waals surface area contributed by atoms with E-state index in [2.05, 4.69) is 9.80 Å². The highest BCUT2D eigenvalue weighted by Gasteiger charge is 2.34. The van der Waals surface area contributed by atoms with Crippen LogP contribution in [0.4, 0.5) is 5.69 Å². The van der Waals surface area contributed by atoms with Gasteiger partial charge < -0.3 is 29.7 Å². The van der Waals surface area contributed by atoms with Gasteiger partial charge >= 0.3 is 0 Å². The number of hydrogen-bond acceptors (Lipinski definition) is 7. The van der Waals surface area contributed by atoms with E-state index in [1.165, 1.54) is 0 Å². The molecule has 0 saturated carbocycles. The van der Waals surface area contributed by atoms with Crippen molar-refractivity contribution in [2.24, 2.45) is 5.73 Å². The number of nitrogens with two attached hydrogens (primary N) is 1. The molecule has 0 aliphatic carbocycles. The van der Waals surface area contributed by atoms with E-state index in [1.807, 2.05) is 30.3 Å². The van der Waals surface area contributed by atoms with Crippen LogP contribution in [0, 0.1) is 0 Å². The maximum atomic E-state index is 13.3. The minimum Gasteiger partial charge on any atom is -0.497 e. The smallest absolute Gasteiger partial charge is 0.254 e. The number of ether oxygens (including phenoxy) is 3. The van der Waals surface area contributed by atoms with Gasteiger partial charge in [0, 0.05) is 50.5 Å². The van der Waals surface area contributed by atoms with E-state index < -0.39 is 11.9 Å². The average Bonchev–Trinajstić information content (AvgIpc) is 2.89.